The summed E-state index contributed by atoms with van der Waals surface area (Å²) >= 11 is 0. The van der Waals surface area contributed by atoms with E-state index in [1.165, 1.54) is 6.42 Å². The van der Waals surface area contributed by atoms with E-state index in [4.69, 9.17) is 98.4 Å². The largest absolute Gasteiger partial charge is 0.462 e. The summed E-state index contributed by atoms with van der Waals surface area (Å²) in [5.74, 6) is -4.63. The second kappa shape index (κ2) is 44.0. The van der Waals surface area contributed by atoms with Gasteiger partial charge in [0.15, 0.2) is 54.7 Å². The molecule has 8 saturated carbocycles. The van der Waals surface area contributed by atoms with Gasteiger partial charge in [0.05, 0.1) is 61.1 Å². The lowest BCUT2D eigenvalue weighted by atomic mass is 9.65. The van der Waals surface area contributed by atoms with Crippen molar-refractivity contribution in [1.82, 2.24) is 0 Å². The molecule has 8 aliphatic carbocycles. The number of esters is 12. The molecule has 146 heavy (non-hydrogen) atoms. The van der Waals surface area contributed by atoms with Crippen molar-refractivity contribution in [2.75, 3.05) is 0 Å². The van der Waals surface area contributed by atoms with Gasteiger partial charge in [0.1, 0.15) is 59.7 Å². The summed E-state index contributed by atoms with van der Waals surface area (Å²) in [6.07, 6.45) is 12.3. The van der Waals surface area contributed by atoms with Crippen LogP contribution in [-0.4, -0.2) is 238 Å². The first-order valence-electron chi connectivity index (χ1n) is 52.2. The molecule has 0 aromatic rings. The van der Waals surface area contributed by atoms with E-state index in [1.54, 1.807) is 55.4 Å². The second-order valence-electron chi connectivity index (χ2n) is 48.5. The molecular weight excluding hydrogens is 1940 g/mol. The minimum Gasteiger partial charge on any atom is -0.462 e. The quantitative estimate of drug-likeness (QED) is 0.0585. The number of hydrogen-bond donors (Lipinski definition) is 0. The summed E-state index contributed by atoms with van der Waals surface area (Å²) in [6, 6.07) is 0. The molecule has 15 saturated heterocycles. The molecule has 15 heterocycles. The molecule has 0 radical (unpaired) electrons. The van der Waals surface area contributed by atoms with E-state index in [-0.39, 0.29) is 137 Å². The number of ether oxygens (including phenoxy) is 19. The third-order valence-electron chi connectivity index (χ3n) is 35.0. The van der Waals surface area contributed by atoms with E-state index < -0.39 is 202 Å². The van der Waals surface area contributed by atoms with Crippen LogP contribution in [0, 0.1) is 85.2 Å². The highest BCUT2D eigenvalue weighted by molar-refractivity contribution is 7.88. The smallest absolute Gasteiger partial charge is 0.350 e. The molecule has 0 amide bonds. The average Bonchev–Trinajstić information content (AvgIpc) is 1.56. The monoisotopic (exact) mass is 2110 g/mol. The highest BCUT2D eigenvalue weighted by Gasteiger charge is 2.72. The van der Waals surface area contributed by atoms with Crippen LogP contribution in [0.1, 0.15) is 369 Å². The molecule has 29 atom stereocenters. The van der Waals surface area contributed by atoms with Gasteiger partial charge in [-0.1, -0.05) is 84.6 Å². The molecule has 23 fully saturated rings. The lowest BCUT2D eigenvalue weighted by molar-refractivity contribution is -0.247. The van der Waals surface area contributed by atoms with Gasteiger partial charge in [-0.15, -0.1) is 0 Å². The zero-order chi connectivity index (χ0) is 104. The SMILES string of the molecule is C.C.C.C.CCC(C)(C)C(=O)OC12CC3CC(C1)OC(=O)C(C3)C2.CCC(C)(C)C(=O)OC12CC3CC(CC(C3)C(=O)O1)C2.CCC(C)(C)C(=O)OC1C(=O)OC2C3OC(C)(C)OC3OC12.CCC(C)(C)C(=O)OC1C(=O)OC2C3OC4(CCCCC4)OC3OC12.CCC(C)(C)C(=O)OC1C(=O)OC2CCCC21.CCC(C)(C)C(=O)OC1C2CC3C(O2)C1OS3(=O)=O.CCC(C)(C)C(=O)OC1C2CC3C1OS(=O)(=O)C3C2. The fraction of sp³-hybridized carbons (Fsp3) is 0.888. The van der Waals surface area contributed by atoms with Crippen LogP contribution in [0.3, 0.4) is 0 Å². The molecule has 29 unspecified atom stereocenters. The van der Waals surface area contributed by atoms with Crippen molar-refractivity contribution in [2.45, 2.75) is 519 Å². The number of fused-ring (bicyclic) bond motifs is 11. The minimum atomic E-state index is -3.56. The van der Waals surface area contributed by atoms with Crippen LogP contribution in [0.5, 0.6) is 0 Å². The van der Waals surface area contributed by atoms with Crippen molar-refractivity contribution in [2.24, 2.45) is 85.2 Å². The summed E-state index contributed by atoms with van der Waals surface area (Å²) in [6.45, 7) is 42.8. The van der Waals surface area contributed by atoms with E-state index in [1.807, 2.05) is 104 Å². The molecule has 1 spiro atoms. The van der Waals surface area contributed by atoms with Gasteiger partial charge in [0.25, 0.3) is 26.0 Å². The molecule has 39 heteroatoms. The number of carbonyl (C=O) groups is 12. The molecular formula is C107H170O37S2. The van der Waals surface area contributed by atoms with E-state index in [0.29, 0.717) is 94.8 Å². The van der Waals surface area contributed by atoms with Gasteiger partial charge in [-0.2, -0.15) is 16.8 Å². The first-order valence-corrected chi connectivity index (χ1v) is 55.2. The van der Waals surface area contributed by atoms with Gasteiger partial charge in [-0.3, -0.25) is 51.5 Å². The summed E-state index contributed by atoms with van der Waals surface area (Å²) in [4.78, 5) is 146. The standard InChI is InChI=1S/C18H26O7.2C16H24O4.C15H22O7.C13H20O5S.C13H20O4.C12H18O6S.4CH4/c1-4-17(2,3)16(20)23-12-10-11(21-14(12)19)13-15(22-10)25-18(24-13)8-6-5-7-9-18;1-4-15(2,3)14(18)20-16-8-10-5-11(9-16)7-12(6-10)13(17)19-16;1-4-15(2,3)14(18)20-16-7-10-5-11(8-16)13(17)19-12(6-10)9-16;1-6-14(2,3)13(17)20-9-7-8(18-11(9)16)10-12(19-7)22-15(4,5)21-10;1-4-13(2,3)12(14)17-10-7-5-8-9(6-7)19(15,16)18-11(8)10;1-4-13(2,3)12(15)17-10-8-6-5-7-9(8)16-11(10)14;1-4-12(2,3)11(13)17-8-6-5-7-9(16-6)10(8)18-19(7,14)15;;;;/h10-13,15H,4-9H2,1-3H3;2*10-12H,4-9H2,1-3H3;7-10,12H,6H2,1-5H3;7-11H,4-6H2,1-3H3;8-10H,4-7H2,1-3H3;6-10H,4-5H2,1-3H3;4*1H4. The Morgan fingerprint density at radius 3 is 1.32 bits per heavy atom. The first kappa shape index (κ1) is 119. The van der Waals surface area contributed by atoms with Crippen LogP contribution in [0.25, 0.3) is 0 Å². The molecule has 23 rings (SSSR count). The Bertz CT molecular complexity index is 4900. The van der Waals surface area contributed by atoms with Crippen molar-refractivity contribution in [3.8, 4) is 0 Å². The zero-order valence-electron chi connectivity index (χ0n) is 87.0. The Morgan fingerprint density at radius 2 is 0.795 bits per heavy atom. The van der Waals surface area contributed by atoms with Gasteiger partial charge in [0.2, 0.25) is 18.3 Å². The lowest BCUT2D eigenvalue weighted by Gasteiger charge is -2.46. The first-order chi connectivity index (χ1) is 66.1. The molecule has 832 valence electrons. The Kier molecular flexibility index (Phi) is 36.0. The van der Waals surface area contributed by atoms with Gasteiger partial charge in [-0.05, 0) is 263 Å². The van der Waals surface area contributed by atoms with Gasteiger partial charge < -0.3 is 90.0 Å². The minimum absolute atomic E-state index is 0. The van der Waals surface area contributed by atoms with Crippen LogP contribution in [0.15, 0.2) is 0 Å². The van der Waals surface area contributed by atoms with Gasteiger partial charge in [-0.25, -0.2) is 14.4 Å². The average molecular weight is 2110 g/mol. The maximum absolute atomic E-state index is 12.4. The third-order valence-corrected chi connectivity index (χ3v) is 38.4. The summed E-state index contributed by atoms with van der Waals surface area (Å²) in [5, 5.41) is -0.951. The Hall–Kier alpha value is -6.82. The summed E-state index contributed by atoms with van der Waals surface area (Å²) in [7, 11) is -6.99. The van der Waals surface area contributed by atoms with Crippen LogP contribution in [-0.2, 0) is 176 Å². The molecule has 23 aliphatic rings. The maximum Gasteiger partial charge on any atom is 0.350 e. The number of hydrogen-bond acceptors (Lipinski definition) is 37. The fourth-order valence-electron chi connectivity index (χ4n) is 23.3. The number of rotatable bonds is 21. The Morgan fingerprint density at radius 1 is 0.349 bits per heavy atom. The van der Waals surface area contributed by atoms with E-state index in [9.17, 15) is 74.4 Å². The van der Waals surface area contributed by atoms with Gasteiger partial charge in [0, 0.05) is 56.3 Å². The maximum atomic E-state index is 12.4. The van der Waals surface area contributed by atoms with Crippen LogP contribution in [0.4, 0.5) is 0 Å². The molecule has 0 aromatic heterocycles. The molecule has 15 aliphatic heterocycles. The van der Waals surface area contributed by atoms with E-state index in [0.717, 1.165) is 96.3 Å². The Labute approximate surface area is 863 Å². The zero-order valence-corrected chi connectivity index (χ0v) is 88.6. The van der Waals surface area contributed by atoms with E-state index >= 15 is 0 Å². The molecule has 37 nitrogen and oxygen atoms in total. The highest BCUT2D eigenvalue weighted by Crippen LogP contribution is 2.59. The third kappa shape index (κ3) is 23.9. The summed E-state index contributed by atoms with van der Waals surface area (Å²) < 4.78 is 164. The Balaban J connectivity index is 0.000000162. The van der Waals surface area contributed by atoms with Crippen LogP contribution in [0.2, 0.25) is 0 Å². The van der Waals surface area contributed by atoms with Gasteiger partial charge >= 0.3 is 71.6 Å². The molecule has 12 bridgehead atoms. The topological polar surface area (TPSA) is 467 Å². The lowest BCUT2D eigenvalue weighted by Crippen LogP contribution is -2.49. The van der Waals surface area contributed by atoms with Crippen LogP contribution < -0.4 is 0 Å². The fourth-order valence-corrected chi connectivity index (χ4v) is 26.8. The van der Waals surface area contributed by atoms with Crippen molar-refractivity contribution in [3.63, 3.8) is 0 Å². The van der Waals surface area contributed by atoms with E-state index in [2.05, 4.69) is 0 Å². The second-order valence-corrected chi connectivity index (χ2v) is 52.0. The predicted octanol–water partition coefficient (Wildman–Crippen LogP) is 15.8. The van der Waals surface area contributed by atoms with Crippen molar-refractivity contribution >= 4 is 91.9 Å². The summed E-state index contributed by atoms with van der Waals surface area (Å²) in [5.41, 5.74) is -4.40. The van der Waals surface area contributed by atoms with Crippen LogP contribution >= 0.6 is 0 Å². The number of carbonyl (C=O) groups excluding carboxylic acids is 12. The normalized spacial score (nSPS) is 38.2. The highest BCUT2D eigenvalue weighted by atomic mass is 32.2. The predicted molar refractivity (Wildman–Crippen MR) is 523 cm³/mol. The van der Waals surface area contributed by atoms with Crippen molar-refractivity contribution in [3.05, 3.63) is 0 Å². The van der Waals surface area contributed by atoms with Crippen molar-refractivity contribution in [1.29, 1.82) is 0 Å². The molecule has 0 aromatic carbocycles. The molecule has 0 N–H and O–H groups in total. The van der Waals surface area contributed by atoms with Crippen molar-refractivity contribution < 1.29 is 173 Å².